The van der Waals surface area contributed by atoms with E-state index in [0.717, 1.165) is 11.1 Å². The molecular formula is C17H16ClNO3. The van der Waals surface area contributed by atoms with Gasteiger partial charge in [0.15, 0.2) is 0 Å². The summed E-state index contributed by atoms with van der Waals surface area (Å²) in [7, 11) is 1.30. The van der Waals surface area contributed by atoms with E-state index >= 15 is 0 Å². The monoisotopic (exact) mass is 317 g/mol. The number of hydrogen-bond donors (Lipinski definition) is 1. The summed E-state index contributed by atoms with van der Waals surface area (Å²) in [5, 5.41) is 3.26. The second kappa shape index (κ2) is 6.62. The van der Waals surface area contributed by atoms with Crippen LogP contribution in [0.4, 0.5) is 5.69 Å². The number of carbonyl (C=O) groups is 2. The number of ether oxygens (including phenoxy) is 1. The molecule has 0 heterocycles. The van der Waals surface area contributed by atoms with Gasteiger partial charge in [-0.2, -0.15) is 0 Å². The molecule has 22 heavy (non-hydrogen) atoms. The summed E-state index contributed by atoms with van der Waals surface area (Å²) in [6.07, 6.45) is 0. The lowest BCUT2D eigenvalue weighted by Crippen LogP contribution is -2.14. The number of methoxy groups -OCH3 is 1. The van der Waals surface area contributed by atoms with Gasteiger partial charge in [0.25, 0.3) is 5.91 Å². The average Bonchev–Trinajstić information content (AvgIpc) is 2.50. The maximum absolute atomic E-state index is 12.3. The van der Waals surface area contributed by atoms with Crippen LogP contribution < -0.4 is 5.32 Å². The van der Waals surface area contributed by atoms with Gasteiger partial charge in [0, 0.05) is 5.56 Å². The molecule has 0 aliphatic heterocycles. The SMILES string of the molecule is COC(=O)c1cccc(C(=O)Nc2c(C)cc(C)cc2Cl)c1. The number of aryl methyl sites for hydroxylation is 2. The van der Waals surface area contributed by atoms with Crippen LogP contribution in [0.15, 0.2) is 36.4 Å². The van der Waals surface area contributed by atoms with Crippen molar-refractivity contribution in [1.82, 2.24) is 0 Å². The number of nitrogens with one attached hydrogen (secondary N) is 1. The van der Waals surface area contributed by atoms with Gasteiger partial charge in [0.1, 0.15) is 0 Å². The van der Waals surface area contributed by atoms with Crippen molar-refractivity contribution < 1.29 is 14.3 Å². The molecule has 1 N–H and O–H groups in total. The van der Waals surface area contributed by atoms with Crippen molar-refractivity contribution in [3.05, 3.63) is 63.7 Å². The minimum absolute atomic E-state index is 0.321. The molecule has 2 rings (SSSR count). The van der Waals surface area contributed by atoms with Crippen LogP contribution in [0, 0.1) is 13.8 Å². The highest BCUT2D eigenvalue weighted by Gasteiger charge is 2.13. The van der Waals surface area contributed by atoms with Crippen molar-refractivity contribution in [1.29, 1.82) is 0 Å². The zero-order valence-corrected chi connectivity index (χ0v) is 13.3. The van der Waals surface area contributed by atoms with Gasteiger partial charge in [0.05, 0.1) is 23.4 Å². The third kappa shape index (κ3) is 3.46. The molecule has 2 aromatic rings. The van der Waals surface area contributed by atoms with E-state index in [4.69, 9.17) is 11.6 Å². The van der Waals surface area contributed by atoms with E-state index in [1.54, 1.807) is 24.3 Å². The van der Waals surface area contributed by atoms with Gasteiger partial charge in [-0.05, 0) is 49.2 Å². The molecule has 0 aromatic heterocycles. The molecule has 0 fully saturated rings. The molecule has 1 amide bonds. The highest BCUT2D eigenvalue weighted by Crippen LogP contribution is 2.27. The fraction of sp³-hybridized carbons (Fsp3) is 0.176. The van der Waals surface area contributed by atoms with Crippen molar-refractivity contribution in [3.63, 3.8) is 0 Å². The van der Waals surface area contributed by atoms with Gasteiger partial charge >= 0.3 is 5.97 Å². The van der Waals surface area contributed by atoms with E-state index in [2.05, 4.69) is 10.1 Å². The van der Waals surface area contributed by atoms with E-state index in [0.29, 0.717) is 21.8 Å². The van der Waals surface area contributed by atoms with Crippen LogP contribution in [0.5, 0.6) is 0 Å². The maximum Gasteiger partial charge on any atom is 0.337 e. The van der Waals surface area contributed by atoms with Crippen LogP contribution in [-0.2, 0) is 4.74 Å². The van der Waals surface area contributed by atoms with Crippen LogP contribution in [0.2, 0.25) is 5.02 Å². The summed E-state index contributed by atoms with van der Waals surface area (Å²) < 4.78 is 4.65. The molecule has 0 radical (unpaired) electrons. The van der Waals surface area contributed by atoms with E-state index in [-0.39, 0.29) is 5.91 Å². The zero-order chi connectivity index (χ0) is 16.3. The minimum atomic E-state index is -0.487. The number of amides is 1. The highest BCUT2D eigenvalue weighted by molar-refractivity contribution is 6.34. The maximum atomic E-state index is 12.3. The third-order valence-electron chi connectivity index (χ3n) is 3.22. The third-order valence-corrected chi connectivity index (χ3v) is 3.51. The quantitative estimate of drug-likeness (QED) is 0.871. The Morgan fingerprint density at radius 1 is 1.09 bits per heavy atom. The Morgan fingerprint density at radius 2 is 1.77 bits per heavy atom. The first-order chi connectivity index (χ1) is 10.4. The summed E-state index contributed by atoms with van der Waals surface area (Å²) in [6.45, 7) is 3.81. The summed E-state index contributed by atoms with van der Waals surface area (Å²) in [5.41, 5.74) is 3.15. The number of halogens is 1. The van der Waals surface area contributed by atoms with Gasteiger partial charge in [-0.25, -0.2) is 4.79 Å². The lowest BCUT2D eigenvalue weighted by Gasteiger charge is -2.12. The number of rotatable bonds is 3. The van der Waals surface area contributed by atoms with Crippen molar-refractivity contribution >= 4 is 29.2 Å². The Hall–Kier alpha value is -2.33. The Morgan fingerprint density at radius 3 is 2.41 bits per heavy atom. The number of carbonyl (C=O) groups excluding carboxylic acids is 2. The summed E-state index contributed by atoms with van der Waals surface area (Å²) >= 11 is 6.18. The fourth-order valence-corrected chi connectivity index (χ4v) is 2.53. The number of benzene rings is 2. The van der Waals surface area contributed by atoms with Crippen molar-refractivity contribution in [2.45, 2.75) is 13.8 Å². The molecule has 0 atom stereocenters. The summed E-state index contributed by atoms with van der Waals surface area (Å²) in [5.74, 6) is -0.821. The first kappa shape index (κ1) is 16.0. The predicted molar refractivity (Wildman–Crippen MR) is 86.7 cm³/mol. The van der Waals surface area contributed by atoms with Crippen LogP contribution in [0.3, 0.4) is 0 Å². The second-order valence-corrected chi connectivity index (χ2v) is 5.37. The van der Waals surface area contributed by atoms with Crippen LogP contribution in [-0.4, -0.2) is 19.0 Å². The van der Waals surface area contributed by atoms with Gasteiger partial charge in [-0.3, -0.25) is 4.79 Å². The fourth-order valence-electron chi connectivity index (χ4n) is 2.17. The highest BCUT2D eigenvalue weighted by atomic mass is 35.5. The molecule has 114 valence electrons. The summed E-state index contributed by atoms with van der Waals surface area (Å²) in [6, 6.07) is 10.1. The Kier molecular flexibility index (Phi) is 4.83. The Labute approximate surface area is 134 Å². The molecule has 0 saturated heterocycles. The average molecular weight is 318 g/mol. The Balaban J connectivity index is 2.29. The van der Waals surface area contributed by atoms with Gasteiger partial charge in [-0.15, -0.1) is 0 Å². The molecule has 0 aliphatic carbocycles. The largest absolute Gasteiger partial charge is 0.465 e. The lowest BCUT2D eigenvalue weighted by atomic mass is 10.1. The van der Waals surface area contributed by atoms with E-state index in [9.17, 15) is 9.59 Å². The number of anilines is 1. The van der Waals surface area contributed by atoms with E-state index < -0.39 is 5.97 Å². The van der Waals surface area contributed by atoms with Crippen LogP contribution in [0.1, 0.15) is 31.8 Å². The molecule has 4 nitrogen and oxygen atoms in total. The zero-order valence-electron chi connectivity index (χ0n) is 12.6. The van der Waals surface area contributed by atoms with Gasteiger partial charge < -0.3 is 10.1 Å². The molecule has 5 heteroatoms. The van der Waals surface area contributed by atoms with Gasteiger partial charge in [0.2, 0.25) is 0 Å². The lowest BCUT2D eigenvalue weighted by molar-refractivity contribution is 0.0600. The van der Waals surface area contributed by atoms with Crippen molar-refractivity contribution in [2.75, 3.05) is 12.4 Å². The first-order valence-corrected chi connectivity index (χ1v) is 7.06. The predicted octanol–water partition coefficient (Wildman–Crippen LogP) is 4.00. The van der Waals surface area contributed by atoms with E-state index in [1.807, 2.05) is 19.9 Å². The number of hydrogen-bond acceptors (Lipinski definition) is 3. The van der Waals surface area contributed by atoms with Crippen molar-refractivity contribution in [3.8, 4) is 0 Å². The van der Waals surface area contributed by atoms with Crippen LogP contribution >= 0.6 is 11.6 Å². The topological polar surface area (TPSA) is 55.4 Å². The Bertz CT molecular complexity index is 717. The molecule has 0 spiro atoms. The number of esters is 1. The molecule has 0 saturated carbocycles. The standard InChI is InChI=1S/C17H16ClNO3/c1-10-7-11(2)15(14(18)8-10)19-16(20)12-5-4-6-13(9-12)17(21)22-3/h4-9H,1-3H3,(H,19,20). The second-order valence-electron chi connectivity index (χ2n) is 4.97. The van der Waals surface area contributed by atoms with Crippen LogP contribution in [0.25, 0.3) is 0 Å². The minimum Gasteiger partial charge on any atom is -0.465 e. The molecule has 0 bridgehead atoms. The van der Waals surface area contributed by atoms with Crippen molar-refractivity contribution in [2.24, 2.45) is 0 Å². The smallest absolute Gasteiger partial charge is 0.337 e. The molecule has 0 unspecified atom stereocenters. The van der Waals surface area contributed by atoms with Gasteiger partial charge in [-0.1, -0.05) is 23.7 Å². The molecular weight excluding hydrogens is 302 g/mol. The molecule has 0 aliphatic rings. The normalized spacial score (nSPS) is 10.2. The molecule has 2 aromatic carbocycles. The summed E-state index contributed by atoms with van der Waals surface area (Å²) in [4.78, 5) is 23.9. The first-order valence-electron chi connectivity index (χ1n) is 6.69. The van der Waals surface area contributed by atoms with E-state index in [1.165, 1.54) is 13.2 Å².